The molecule has 2 heteroatoms. The van der Waals surface area contributed by atoms with Gasteiger partial charge in [0.25, 0.3) is 0 Å². The fourth-order valence-corrected chi connectivity index (χ4v) is 1.50. The first-order chi connectivity index (χ1) is 8.21. The van der Waals surface area contributed by atoms with Crippen molar-refractivity contribution in [1.82, 2.24) is 0 Å². The van der Waals surface area contributed by atoms with Crippen LogP contribution in [0.1, 0.15) is 25.7 Å². The molecule has 0 aliphatic heterocycles. The lowest BCUT2D eigenvalue weighted by atomic mass is 10.2. The molecule has 0 saturated heterocycles. The molecule has 0 aromatic rings. The van der Waals surface area contributed by atoms with Crippen LogP contribution < -0.4 is 0 Å². The fraction of sp³-hybridized carbons (Fsp3) is 0.750. The molecule has 0 fully saturated rings. The molecule has 2 nitrogen and oxygen atoms in total. The van der Waals surface area contributed by atoms with Crippen molar-refractivity contribution in [3.63, 3.8) is 0 Å². The maximum absolute atomic E-state index is 3.13. The number of rotatable bonds is 6. The summed E-state index contributed by atoms with van der Waals surface area (Å²) in [7, 11) is 13.3. The molecule has 0 N–H and O–H groups in total. The Morgan fingerprint density at radius 3 is 1.22 bits per heavy atom. The SMILES string of the molecule is C[N+](C)(C)CCCC#CC#CCCC[N+](C)(C)C. The number of hydrogen-bond donors (Lipinski definition) is 0. The summed E-state index contributed by atoms with van der Waals surface area (Å²) >= 11 is 0. The highest BCUT2D eigenvalue weighted by atomic mass is 15.3. The lowest BCUT2D eigenvalue weighted by molar-refractivity contribution is -0.870. The third kappa shape index (κ3) is 15.0. The molecule has 0 radical (unpaired) electrons. The van der Waals surface area contributed by atoms with Gasteiger partial charge in [-0.1, -0.05) is 11.8 Å². The van der Waals surface area contributed by atoms with Crippen molar-refractivity contribution >= 4 is 0 Å². The van der Waals surface area contributed by atoms with E-state index in [1.54, 1.807) is 0 Å². The molecule has 0 amide bonds. The highest BCUT2D eigenvalue weighted by Crippen LogP contribution is 1.96. The predicted octanol–water partition coefficient (Wildman–Crippen LogP) is 1.97. The summed E-state index contributed by atoms with van der Waals surface area (Å²) < 4.78 is 2.02. The van der Waals surface area contributed by atoms with E-state index in [1.807, 2.05) is 0 Å². The maximum Gasteiger partial charge on any atom is 0.0789 e. The Bertz CT molecular complexity index is 298. The van der Waals surface area contributed by atoms with Gasteiger partial charge < -0.3 is 8.97 Å². The third-order valence-corrected chi connectivity index (χ3v) is 2.50. The Balaban J connectivity index is 3.60. The second kappa shape index (κ2) is 8.20. The van der Waals surface area contributed by atoms with Gasteiger partial charge >= 0.3 is 0 Å². The standard InChI is InChI=1S/C16H30N2/c1-17(2,3)15-13-11-9-7-8-10-12-14-16-18(4,5)6/h11-16H2,1-6H3/q+2. The number of nitrogens with zero attached hydrogens (tertiary/aromatic N) is 2. The van der Waals surface area contributed by atoms with Gasteiger partial charge in [-0.25, -0.2) is 0 Å². The van der Waals surface area contributed by atoms with Gasteiger partial charge in [-0.3, -0.25) is 0 Å². The Hall–Kier alpha value is -0.960. The number of hydrogen-bond acceptors (Lipinski definition) is 0. The van der Waals surface area contributed by atoms with E-state index in [0.717, 1.165) is 34.6 Å². The first-order valence-corrected chi connectivity index (χ1v) is 6.77. The average Bonchev–Trinajstić information content (AvgIpc) is 2.17. The summed E-state index contributed by atoms with van der Waals surface area (Å²) in [5.74, 6) is 12.1. The van der Waals surface area contributed by atoms with E-state index in [1.165, 1.54) is 13.1 Å². The van der Waals surface area contributed by atoms with E-state index < -0.39 is 0 Å². The topological polar surface area (TPSA) is 0 Å². The van der Waals surface area contributed by atoms with Gasteiger partial charge in [0.2, 0.25) is 0 Å². The molecule has 0 spiro atoms. The summed E-state index contributed by atoms with van der Waals surface area (Å²) in [5, 5.41) is 0. The van der Waals surface area contributed by atoms with Crippen molar-refractivity contribution in [1.29, 1.82) is 0 Å². The van der Waals surface area contributed by atoms with Crippen LogP contribution >= 0.6 is 0 Å². The maximum atomic E-state index is 3.13. The fourth-order valence-electron chi connectivity index (χ4n) is 1.50. The van der Waals surface area contributed by atoms with Crippen LogP contribution in [0.4, 0.5) is 0 Å². The van der Waals surface area contributed by atoms with Crippen LogP contribution in [0.25, 0.3) is 0 Å². The molecule has 0 aliphatic carbocycles. The predicted molar refractivity (Wildman–Crippen MR) is 79.8 cm³/mol. The molecule has 0 heterocycles. The monoisotopic (exact) mass is 250 g/mol. The Labute approximate surface area is 114 Å². The first kappa shape index (κ1) is 17.0. The van der Waals surface area contributed by atoms with Crippen molar-refractivity contribution in [2.24, 2.45) is 0 Å². The molecule has 18 heavy (non-hydrogen) atoms. The summed E-state index contributed by atoms with van der Waals surface area (Å²) in [6, 6.07) is 0. The molecule has 0 aliphatic rings. The smallest absolute Gasteiger partial charge is 0.0789 e. The Kier molecular flexibility index (Phi) is 7.76. The Morgan fingerprint density at radius 1 is 0.611 bits per heavy atom. The zero-order valence-corrected chi connectivity index (χ0v) is 13.1. The average molecular weight is 250 g/mol. The van der Waals surface area contributed by atoms with Crippen molar-refractivity contribution in [2.75, 3.05) is 55.4 Å². The summed E-state index contributed by atoms with van der Waals surface area (Å²) in [4.78, 5) is 0. The first-order valence-electron chi connectivity index (χ1n) is 6.77. The van der Waals surface area contributed by atoms with Crippen LogP contribution in [0.15, 0.2) is 0 Å². The lowest BCUT2D eigenvalue weighted by Crippen LogP contribution is -2.35. The molecule has 0 aromatic carbocycles. The number of quaternary nitrogens is 2. The Morgan fingerprint density at radius 2 is 0.944 bits per heavy atom. The van der Waals surface area contributed by atoms with Gasteiger partial charge in [-0.2, -0.15) is 0 Å². The normalized spacial score (nSPS) is 11.2. The van der Waals surface area contributed by atoms with Crippen LogP contribution in [-0.4, -0.2) is 64.3 Å². The van der Waals surface area contributed by atoms with Crippen LogP contribution in [-0.2, 0) is 0 Å². The molecular formula is C16H30N2+2. The zero-order valence-electron chi connectivity index (χ0n) is 13.1. The lowest BCUT2D eigenvalue weighted by Gasteiger charge is -2.23. The van der Waals surface area contributed by atoms with Gasteiger partial charge in [0.05, 0.1) is 55.4 Å². The molecule has 0 aromatic heterocycles. The van der Waals surface area contributed by atoms with Gasteiger partial charge in [-0.05, 0) is 11.8 Å². The zero-order chi connectivity index (χ0) is 14.1. The summed E-state index contributed by atoms with van der Waals surface area (Å²) in [6.45, 7) is 2.34. The minimum absolute atomic E-state index is 0.961. The van der Waals surface area contributed by atoms with E-state index in [4.69, 9.17) is 0 Å². The molecule has 0 rings (SSSR count). The second-order valence-corrected chi connectivity index (χ2v) is 6.84. The van der Waals surface area contributed by atoms with E-state index in [-0.39, 0.29) is 0 Å². The van der Waals surface area contributed by atoms with E-state index in [2.05, 4.69) is 66.0 Å². The minimum atomic E-state index is 0.961. The van der Waals surface area contributed by atoms with Crippen molar-refractivity contribution in [2.45, 2.75) is 25.7 Å². The van der Waals surface area contributed by atoms with Crippen LogP contribution in [0, 0.1) is 23.7 Å². The second-order valence-electron chi connectivity index (χ2n) is 6.84. The molecular weight excluding hydrogens is 220 g/mol. The number of unbranched alkanes of at least 4 members (excludes halogenated alkanes) is 2. The van der Waals surface area contributed by atoms with Crippen LogP contribution in [0.5, 0.6) is 0 Å². The summed E-state index contributed by atoms with van der Waals surface area (Å²) in [5.41, 5.74) is 0. The molecule has 0 saturated carbocycles. The molecule has 0 atom stereocenters. The van der Waals surface area contributed by atoms with Crippen molar-refractivity contribution in [3.05, 3.63) is 0 Å². The van der Waals surface area contributed by atoms with E-state index >= 15 is 0 Å². The highest BCUT2D eigenvalue weighted by molar-refractivity contribution is 5.25. The minimum Gasteiger partial charge on any atom is -0.331 e. The third-order valence-electron chi connectivity index (χ3n) is 2.50. The molecule has 0 unspecified atom stereocenters. The van der Waals surface area contributed by atoms with Crippen LogP contribution in [0.2, 0.25) is 0 Å². The summed E-state index contributed by atoms with van der Waals surface area (Å²) in [6.07, 6.45) is 4.23. The van der Waals surface area contributed by atoms with Gasteiger partial charge in [0, 0.05) is 25.7 Å². The quantitative estimate of drug-likeness (QED) is 0.384. The highest BCUT2D eigenvalue weighted by Gasteiger charge is 2.04. The molecule has 0 bridgehead atoms. The van der Waals surface area contributed by atoms with E-state index in [0.29, 0.717) is 0 Å². The largest absolute Gasteiger partial charge is 0.331 e. The molecule has 102 valence electrons. The van der Waals surface area contributed by atoms with Crippen LogP contribution in [0.3, 0.4) is 0 Å². The van der Waals surface area contributed by atoms with Gasteiger partial charge in [0.15, 0.2) is 0 Å². The van der Waals surface area contributed by atoms with Crippen molar-refractivity contribution in [3.8, 4) is 23.7 Å². The van der Waals surface area contributed by atoms with Gasteiger partial charge in [-0.15, -0.1) is 0 Å². The van der Waals surface area contributed by atoms with Crippen molar-refractivity contribution < 1.29 is 8.97 Å². The van der Waals surface area contributed by atoms with E-state index in [9.17, 15) is 0 Å². The van der Waals surface area contributed by atoms with Gasteiger partial charge in [0.1, 0.15) is 0 Å².